The molecule has 2 aromatic carbocycles. The van der Waals surface area contributed by atoms with E-state index < -0.39 is 0 Å². The van der Waals surface area contributed by atoms with E-state index in [9.17, 15) is 4.79 Å². The normalized spacial score (nSPS) is 10.7. The van der Waals surface area contributed by atoms with E-state index in [0.717, 1.165) is 11.1 Å². The largest absolute Gasteiger partial charge is 0.461 e. The summed E-state index contributed by atoms with van der Waals surface area (Å²) in [6.45, 7) is 0.279. The number of esters is 1. The van der Waals surface area contributed by atoms with E-state index in [0.29, 0.717) is 5.02 Å². The van der Waals surface area contributed by atoms with Gasteiger partial charge in [0.25, 0.3) is 0 Å². The van der Waals surface area contributed by atoms with Gasteiger partial charge in [-0.15, -0.1) is 0 Å². The van der Waals surface area contributed by atoms with Gasteiger partial charge in [-0.05, 0) is 29.3 Å². The number of carbonyl (C=O) groups is 1. The average Bonchev–Trinajstić information content (AvgIpc) is 2.47. The Labute approximate surface area is 123 Å². The first-order valence-corrected chi connectivity index (χ1v) is 6.73. The molecule has 0 heterocycles. The quantitative estimate of drug-likeness (QED) is 0.772. The number of hydrogen-bond acceptors (Lipinski definition) is 2. The summed E-state index contributed by atoms with van der Waals surface area (Å²) in [5.41, 5.74) is 1.98. The first-order chi connectivity index (χ1) is 9.74. The van der Waals surface area contributed by atoms with Gasteiger partial charge in [0.15, 0.2) is 0 Å². The smallest absolute Gasteiger partial charge is 0.310 e. The number of carbonyl (C=O) groups excluding carboxylic acids is 1. The minimum Gasteiger partial charge on any atom is -0.461 e. The Bertz CT molecular complexity index is 574. The van der Waals surface area contributed by atoms with Crippen LogP contribution in [0.15, 0.2) is 60.7 Å². The molecule has 20 heavy (non-hydrogen) atoms. The average molecular weight is 287 g/mol. The lowest BCUT2D eigenvalue weighted by Crippen LogP contribution is -2.07. The van der Waals surface area contributed by atoms with Crippen LogP contribution in [0.3, 0.4) is 0 Å². The number of rotatable bonds is 5. The molecule has 102 valence electrons. The molecule has 2 rings (SSSR count). The molecule has 0 atom stereocenters. The first-order valence-electron chi connectivity index (χ1n) is 6.36. The molecule has 0 unspecified atom stereocenters. The fraction of sp³-hybridized carbons (Fsp3) is 0.118. The summed E-state index contributed by atoms with van der Waals surface area (Å²) in [5.74, 6) is -0.245. The van der Waals surface area contributed by atoms with Crippen LogP contribution in [0.1, 0.15) is 11.1 Å². The maximum atomic E-state index is 11.6. The van der Waals surface area contributed by atoms with Crippen LogP contribution in [0.25, 0.3) is 6.08 Å². The molecule has 0 aliphatic carbocycles. The second-order valence-corrected chi connectivity index (χ2v) is 4.74. The molecule has 0 aromatic heterocycles. The van der Waals surface area contributed by atoms with Gasteiger partial charge in [-0.1, -0.05) is 60.1 Å². The van der Waals surface area contributed by atoms with E-state index in [1.165, 1.54) is 0 Å². The summed E-state index contributed by atoms with van der Waals surface area (Å²) in [6, 6.07) is 17.0. The van der Waals surface area contributed by atoms with Crippen molar-refractivity contribution in [2.75, 3.05) is 6.61 Å². The predicted molar refractivity (Wildman–Crippen MR) is 81.6 cm³/mol. The van der Waals surface area contributed by atoms with Gasteiger partial charge in [-0.25, -0.2) is 0 Å². The van der Waals surface area contributed by atoms with Crippen LogP contribution in [-0.4, -0.2) is 12.6 Å². The summed E-state index contributed by atoms with van der Waals surface area (Å²) in [4.78, 5) is 11.6. The molecule has 2 aromatic rings. The van der Waals surface area contributed by atoms with Gasteiger partial charge in [0.1, 0.15) is 6.61 Å². The predicted octanol–water partition coefficient (Wildman–Crippen LogP) is 4.14. The SMILES string of the molecule is O=C(Cc1ccc(Cl)cc1)OC/C=C/c1ccccc1. The van der Waals surface area contributed by atoms with Gasteiger partial charge in [0.05, 0.1) is 6.42 Å². The highest BCUT2D eigenvalue weighted by molar-refractivity contribution is 6.30. The van der Waals surface area contributed by atoms with Crippen LogP contribution < -0.4 is 0 Å². The molecule has 0 saturated heterocycles. The van der Waals surface area contributed by atoms with E-state index in [1.54, 1.807) is 12.1 Å². The van der Waals surface area contributed by atoms with Crippen molar-refractivity contribution >= 4 is 23.6 Å². The maximum Gasteiger partial charge on any atom is 0.310 e. The summed E-state index contributed by atoms with van der Waals surface area (Å²) in [6.07, 6.45) is 4.01. The molecule has 0 amide bonds. The van der Waals surface area contributed by atoms with Crippen molar-refractivity contribution in [1.29, 1.82) is 0 Å². The van der Waals surface area contributed by atoms with Crippen LogP contribution in [0.2, 0.25) is 5.02 Å². The van der Waals surface area contributed by atoms with Crippen molar-refractivity contribution in [3.05, 3.63) is 76.8 Å². The van der Waals surface area contributed by atoms with Crippen LogP contribution in [0, 0.1) is 0 Å². The third kappa shape index (κ3) is 4.90. The second-order valence-electron chi connectivity index (χ2n) is 4.30. The van der Waals surface area contributed by atoms with Crippen molar-refractivity contribution in [1.82, 2.24) is 0 Å². The Kier molecular flexibility index (Phi) is 5.39. The summed E-state index contributed by atoms with van der Waals surface area (Å²) in [7, 11) is 0. The number of ether oxygens (including phenoxy) is 1. The van der Waals surface area contributed by atoms with Crippen LogP contribution in [0.4, 0.5) is 0 Å². The van der Waals surface area contributed by atoms with Gasteiger partial charge < -0.3 is 4.74 Å². The Morgan fingerprint density at radius 2 is 1.75 bits per heavy atom. The van der Waals surface area contributed by atoms with Gasteiger partial charge in [0, 0.05) is 5.02 Å². The van der Waals surface area contributed by atoms with Gasteiger partial charge >= 0.3 is 5.97 Å². The number of benzene rings is 2. The molecule has 0 bridgehead atoms. The van der Waals surface area contributed by atoms with Crippen molar-refractivity contribution in [3.63, 3.8) is 0 Å². The standard InChI is InChI=1S/C17H15ClO2/c18-16-10-8-15(9-11-16)13-17(19)20-12-4-7-14-5-2-1-3-6-14/h1-11H,12-13H2/b7-4+. The zero-order valence-corrected chi connectivity index (χ0v) is 11.7. The molecule has 3 heteroatoms. The van der Waals surface area contributed by atoms with Crippen molar-refractivity contribution in [2.45, 2.75) is 6.42 Å². The summed E-state index contributed by atoms with van der Waals surface area (Å²) < 4.78 is 5.14. The maximum absolute atomic E-state index is 11.6. The molecular weight excluding hydrogens is 272 g/mol. The molecule has 0 fully saturated rings. The Hall–Kier alpha value is -2.06. The van der Waals surface area contributed by atoms with Gasteiger partial charge in [-0.3, -0.25) is 4.79 Å². The monoisotopic (exact) mass is 286 g/mol. The molecule has 0 N–H and O–H groups in total. The lowest BCUT2D eigenvalue weighted by atomic mass is 10.1. The lowest BCUT2D eigenvalue weighted by molar-refractivity contribution is -0.141. The van der Waals surface area contributed by atoms with Crippen LogP contribution in [0.5, 0.6) is 0 Å². The van der Waals surface area contributed by atoms with E-state index in [1.807, 2.05) is 54.6 Å². The van der Waals surface area contributed by atoms with E-state index in [4.69, 9.17) is 16.3 Å². The lowest BCUT2D eigenvalue weighted by Gasteiger charge is -2.02. The van der Waals surface area contributed by atoms with E-state index >= 15 is 0 Å². The fourth-order valence-electron chi connectivity index (χ4n) is 1.71. The van der Waals surface area contributed by atoms with E-state index in [2.05, 4.69) is 0 Å². The van der Waals surface area contributed by atoms with Crippen LogP contribution in [-0.2, 0) is 16.0 Å². The Morgan fingerprint density at radius 1 is 1.05 bits per heavy atom. The first kappa shape index (κ1) is 14.4. The highest BCUT2D eigenvalue weighted by Gasteiger charge is 2.03. The molecule has 0 radical (unpaired) electrons. The molecule has 0 aliphatic rings. The van der Waals surface area contributed by atoms with Crippen molar-refractivity contribution < 1.29 is 9.53 Å². The van der Waals surface area contributed by atoms with Gasteiger partial charge in [-0.2, -0.15) is 0 Å². The van der Waals surface area contributed by atoms with E-state index in [-0.39, 0.29) is 19.0 Å². The minimum atomic E-state index is -0.245. The molecule has 0 spiro atoms. The van der Waals surface area contributed by atoms with Gasteiger partial charge in [0.2, 0.25) is 0 Å². The Balaban J connectivity index is 1.75. The third-order valence-corrected chi connectivity index (χ3v) is 2.96. The number of hydrogen-bond donors (Lipinski definition) is 0. The fourth-order valence-corrected chi connectivity index (χ4v) is 1.84. The zero-order chi connectivity index (χ0) is 14.2. The molecule has 0 saturated carbocycles. The Morgan fingerprint density at radius 3 is 2.45 bits per heavy atom. The van der Waals surface area contributed by atoms with Crippen molar-refractivity contribution in [3.8, 4) is 0 Å². The third-order valence-electron chi connectivity index (χ3n) is 2.71. The highest BCUT2D eigenvalue weighted by Crippen LogP contribution is 2.10. The molecular formula is C17H15ClO2. The summed E-state index contributed by atoms with van der Waals surface area (Å²) in [5, 5.41) is 0.660. The molecule has 2 nitrogen and oxygen atoms in total. The second kappa shape index (κ2) is 7.51. The topological polar surface area (TPSA) is 26.3 Å². The van der Waals surface area contributed by atoms with Crippen molar-refractivity contribution in [2.24, 2.45) is 0 Å². The number of halogens is 1. The minimum absolute atomic E-state index is 0.245. The highest BCUT2D eigenvalue weighted by atomic mass is 35.5. The van der Waals surface area contributed by atoms with Crippen LogP contribution >= 0.6 is 11.6 Å². The summed E-state index contributed by atoms with van der Waals surface area (Å²) >= 11 is 5.78. The molecule has 0 aliphatic heterocycles. The zero-order valence-electron chi connectivity index (χ0n) is 11.0.